The van der Waals surface area contributed by atoms with E-state index in [0.717, 1.165) is 34.1 Å². The van der Waals surface area contributed by atoms with E-state index < -0.39 is 22.8 Å². The van der Waals surface area contributed by atoms with Crippen LogP contribution in [0.2, 0.25) is 0 Å². The number of hydrazone groups is 2. The van der Waals surface area contributed by atoms with Crippen molar-refractivity contribution in [3.05, 3.63) is 224 Å². The van der Waals surface area contributed by atoms with E-state index in [4.69, 9.17) is 41.8 Å². The molecule has 16 heteroatoms. The van der Waals surface area contributed by atoms with Gasteiger partial charge in [0.05, 0.1) is 0 Å². The van der Waals surface area contributed by atoms with E-state index in [1.54, 1.807) is 22.0 Å². The molecule has 2 spiro atoms. The molecule has 0 aromatic heterocycles. The number of rotatable bonds is 6. The van der Waals surface area contributed by atoms with Gasteiger partial charge >= 0.3 is 57.0 Å². The van der Waals surface area contributed by atoms with E-state index in [0.29, 0.717) is 23.0 Å². The summed E-state index contributed by atoms with van der Waals surface area (Å²) < 4.78 is 47.8. The van der Waals surface area contributed by atoms with Crippen LogP contribution in [0.15, 0.2) is 121 Å². The zero-order valence-corrected chi connectivity index (χ0v) is 39.5. The Bertz CT molecular complexity index is 2170. The van der Waals surface area contributed by atoms with E-state index in [2.05, 4.69) is 0 Å². The maximum absolute atomic E-state index is 7.00. The molecule has 11 nitrogen and oxygen atoms in total. The molecule has 320 valence electrons. The molecule has 11 rings (SSSR count). The van der Waals surface area contributed by atoms with Gasteiger partial charge in [0, 0.05) is 60.6 Å². The van der Waals surface area contributed by atoms with Crippen LogP contribution in [-0.4, -0.2) is 36.1 Å². The largest absolute Gasteiger partial charge is 2.00 e. The molecule has 3 heterocycles. The molecular formula is C48H42Fe2N7O4P3+4. The second-order valence-electron chi connectivity index (χ2n) is 14.0. The first-order valence-corrected chi connectivity index (χ1v) is 24.5. The van der Waals surface area contributed by atoms with Crippen molar-refractivity contribution in [2.75, 3.05) is 14.1 Å². The van der Waals surface area contributed by atoms with Crippen LogP contribution in [0.25, 0.3) is 22.3 Å². The van der Waals surface area contributed by atoms with Gasteiger partial charge in [-0.2, -0.15) is 10.2 Å². The number of hydrogen-bond donors (Lipinski definition) is 0. The topological polar surface area (TPSA) is 105 Å². The molecule has 4 fully saturated rings. The van der Waals surface area contributed by atoms with E-state index in [1.165, 1.54) is 0 Å². The third-order valence-electron chi connectivity index (χ3n) is 9.70. The molecule has 0 unspecified atom stereocenters. The van der Waals surface area contributed by atoms with Gasteiger partial charge < -0.3 is 18.1 Å². The van der Waals surface area contributed by atoms with Gasteiger partial charge in [0.15, 0.2) is 0 Å². The van der Waals surface area contributed by atoms with Gasteiger partial charge in [-0.05, 0) is 140 Å². The summed E-state index contributed by atoms with van der Waals surface area (Å²) in [6, 6.07) is 31.1. The second kappa shape index (κ2) is 22.5. The molecule has 0 atom stereocenters. The first kappa shape index (κ1) is 48.7. The van der Waals surface area contributed by atoms with E-state index in [9.17, 15) is 0 Å². The zero-order valence-electron chi connectivity index (χ0n) is 34.6. The summed E-state index contributed by atoms with van der Waals surface area (Å²) in [6.45, 7) is 0. The Kier molecular flexibility index (Phi) is 17.1. The van der Waals surface area contributed by atoms with Crippen molar-refractivity contribution in [3.8, 4) is 45.3 Å². The average molecular weight is 986 g/mol. The van der Waals surface area contributed by atoms with Gasteiger partial charge in [0.25, 0.3) is 0 Å². The Labute approximate surface area is 402 Å². The maximum Gasteiger partial charge on any atom is 2.00 e. The Morgan fingerprint density at radius 2 is 0.672 bits per heavy atom. The Hall–Kier alpha value is -3.25. The molecule has 4 aromatic rings. The van der Waals surface area contributed by atoms with Gasteiger partial charge in [-0.15, -0.1) is 9.03 Å². The minimum absolute atomic E-state index is 0. The quantitative estimate of drug-likeness (QED) is 0.0825. The monoisotopic (exact) mass is 985 g/mol. The molecule has 64 heavy (non-hydrogen) atoms. The van der Waals surface area contributed by atoms with Crippen molar-refractivity contribution in [1.29, 1.82) is 0 Å². The minimum atomic E-state index is -3.79. The summed E-state index contributed by atoms with van der Waals surface area (Å²) in [6.07, 6.45) is 39.3. The number of nitrogens with zero attached hydrogens (tertiary/aromatic N) is 7. The van der Waals surface area contributed by atoms with Crippen molar-refractivity contribution in [3.63, 3.8) is 0 Å². The fraction of sp³-hybridized carbons (Fsp3) is 0.0417. The van der Waals surface area contributed by atoms with Crippen LogP contribution >= 0.6 is 22.8 Å². The Morgan fingerprint density at radius 3 is 0.984 bits per heavy atom. The molecule has 0 saturated heterocycles. The molecule has 20 radical (unpaired) electrons. The molecular weight excluding hydrogens is 943 g/mol. The van der Waals surface area contributed by atoms with Crippen LogP contribution in [-0.2, 0) is 34.1 Å². The molecule has 4 aromatic carbocycles. The van der Waals surface area contributed by atoms with Crippen LogP contribution in [0, 0.1) is 127 Å². The van der Waals surface area contributed by atoms with Crippen molar-refractivity contribution in [2.45, 2.75) is 0 Å². The van der Waals surface area contributed by atoms with Gasteiger partial charge in [-0.25, -0.2) is 9.56 Å². The molecule has 0 N–H and O–H groups in total. The predicted octanol–water partition coefficient (Wildman–Crippen LogP) is 12.8. The maximum atomic E-state index is 7.00. The second-order valence-corrected chi connectivity index (χ2v) is 21.0. The Morgan fingerprint density at radius 1 is 0.391 bits per heavy atom. The number of fused-ring (bicyclic) bond motifs is 6. The van der Waals surface area contributed by atoms with Crippen LogP contribution in [0.4, 0.5) is 0 Å². The van der Waals surface area contributed by atoms with E-state index in [1.807, 2.05) is 227 Å². The first-order chi connectivity index (χ1) is 30.4. The molecule has 4 aliphatic carbocycles. The third-order valence-corrected chi connectivity index (χ3v) is 18.7. The van der Waals surface area contributed by atoms with E-state index >= 15 is 0 Å². The fourth-order valence-electron chi connectivity index (χ4n) is 6.72. The van der Waals surface area contributed by atoms with Gasteiger partial charge in [0.1, 0.15) is 23.0 Å². The third kappa shape index (κ3) is 11.1. The van der Waals surface area contributed by atoms with Crippen LogP contribution in [0.3, 0.4) is 0 Å². The molecule has 7 aliphatic rings. The van der Waals surface area contributed by atoms with Gasteiger partial charge in [-0.1, -0.05) is 77.3 Å². The smallest absolute Gasteiger partial charge is 0.413 e. The average Bonchev–Trinajstić information content (AvgIpc) is 4.15. The normalized spacial score (nSPS) is 20.6. The zero-order chi connectivity index (χ0) is 42.2. The molecule has 3 aliphatic heterocycles. The minimum Gasteiger partial charge on any atom is -0.413 e. The standard InChI is InChI=1S/C38H32N7O4P3.2C5H5.2Fe/c1-44(39-27-29-15-3-4-16-29)50(45(2)40-28-30-17-5-6-18-30)41-51(46-35-23-11-7-19-31(35)32-20-8-12-24-36(32)47-51)43-52(42-50)48-37-25-13-9-21-33(37)34-22-10-14-26-38(34)49-52;2*1-2-4-5-3-1;;/h3-28H,1-2H3;2*1-5H;;/q;;;2*+2/b39-27+,40-28+;;;;. The summed E-state index contributed by atoms with van der Waals surface area (Å²) in [7, 11) is -7.47. The van der Waals surface area contributed by atoms with Gasteiger partial charge in [0.2, 0.25) is 0 Å². The van der Waals surface area contributed by atoms with Crippen LogP contribution in [0.5, 0.6) is 23.0 Å². The first-order valence-electron chi connectivity index (χ1n) is 19.8. The van der Waals surface area contributed by atoms with E-state index in [-0.39, 0.29) is 34.1 Å². The van der Waals surface area contributed by atoms with Crippen molar-refractivity contribution < 1.29 is 52.2 Å². The molecule has 0 bridgehead atoms. The van der Waals surface area contributed by atoms with Crippen LogP contribution in [0.1, 0.15) is 0 Å². The molecule has 4 saturated carbocycles. The van der Waals surface area contributed by atoms with Crippen molar-refractivity contribution in [2.24, 2.45) is 23.7 Å². The summed E-state index contributed by atoms with van der Waals surface area (Å²) >= 11 is 0. The van der Waals surface area contributed by atoms with Crippen molar-refractivity contribution >= 4 is 35.3 Å². The number of hydrogen-bond acceptors (Lipinski definition) is 11. The predicted molar refractivity (Wildman–Crippen MR) is 251 cm³/mol. The molecule has 0 amide bonds. The number of para-hydroxylation sites is 4. The SMILES string of the molecule is CN(/N=C/[C]1[CH][CH][CH][CH]1)P1(N(C)/N=C/[C]2[CH][CH][CH][CH]2)=NP2(=NP3(=N1)Oc1ccccc1-c1ccccc1O3)Oc1ccccc1-c1ccccc1O2.[CH]1[CH][CH][CH][CH]1.[CH]1[CH][CH][CH][CH]1.[Fe+2].[Fe+2]. The van der Waals surface area contributed by atoms with Crippen LogP contribution < -0.4 is 18.1 Å². The fourth-order valence-corrected chi connectivity index (χ4v) is 17.2. The summed E-state index contributed by atoms with van der Waals surface area (Å²) in [4.78, 5) is 0. The van der Waals surface area contributed by atoms with Crippen molar-refractivity contribution in [1.82, 2.24) is 9.56 Å². The van der Waals surface area contributed by atoms with Gasteiger partial charge in [-0.3, -0.25) is 0 Å². The summed E-state index contributed by atoms with van der Waals surface area (Å²) in [5.41, 5.74) is 3.40. The summed E-state index contributed by atoms with van der Waals surface area (Å²) in [5, 5.41) is 9.87. The Balaban J connectivity index is 0.000000452. The summed E-state index contributed by atoms with van der Waals surface area (Å²) in [5.74, 6) is 4.08. The number of benzene rings is 4.